The van der Waals surface area contributed by atoms with E-state index in [2.05, 4.69) is 20.1 Å². The van der Waals surface area contributed by atoms with Gasteiger partial charge in [-0.1, -0.05) is 0 Å². The van der Waals surface area contributed by atoms with E-state index < -0.39 is 29.8 Å². The highest BCUT2D eigenvalue weighted by Gasteiger charge is 2.26. The van der Waals surface area contributed by atoms with Crippen molar-refractivity contribution in [1.29, 1.82) is 0 Å². The summed E-state index contributed by atoms with van der Waals surface area (Å²) in [5.41, 5.74) is 8.19. The van der Waals surface area contributed by atoms with Crippen molar-refractivity contribution in [1.82, 2.24) is 15.3 Å². The number of nitrogens with one attached hydrogen (secondary N) is 1. The first-order chi connectivity index (χ1) is 10.5. The van der Waals surface area contributed by atoms with Crippen molar-refractivity contribution in [2.24, 2.45) is 0 Å². The molecule has 0 saturated carbocycles. The summed E-state index contributed by atoms with van der Waals surface area (Å²) in [6.45, 7) is 0. The predicted octanol–water partition coefficient (Wildman–Crippen LogP) is -1.27. The fourth-order valence-corrected chi connectivity index (χ4v) is 1.52. The first-order valence-corrected chi connectivity index (χ1v) is 6.13. The van der Waals surface area contributed by atoms with Gasteiger partial charge in [-0.15, -0.1) is 0 Å². The molecule has 10 heteroatoms. The summed E-state index contributed by atoms with van der Waals surface area (Å²) in [7, 11) is 0. The van der Waals surface area contributed by atoms with Gasteiger partial charge in [-0.05, 0) is 12.5 Å². The summed E-state index contributed by atoms with van der Waals surface area (Å²) in [4.78, 5) is 43.8. The molecule has 1 amide bonds. The van der Waals surface area contributed by atoms with Crippen LogP contribution in [0.3, 0.4) is 0 Å². The minimum absolute atomic E-state index is 0.0140. The van der Waals surface area contributed by atoms with Crippen LogP contribution in [0.2, 0.25) is 0 Å². The van der Waals surface area contributed by atoms with E-state index >= 15 is 0 Å². The van der Waals surface area contributed by atoms with Crippen LogP contribution in [0.25, 0.3) is 5.53 Å². The van der Waals surface area contributed by atoms with Crippen LogP contribution in [0.1, 0.15) is 24.6 Å². The van der Waals surface area contributed by atoms with Gasteiger partial charge in [0.25, 0.3) is 5.91 Å². The number of aliphatic hydroxyl groups is 1. The maximum Gasteiger partial charge on any atom is 0.326 e. The zero-order valence-electron chi connectivity index (χ0n) is 11.3. The van der Waals surface area contributed by atoms with E-state index in [1.54, 1.807) is 0 Å². The highest BCUT2D eigenvalue weighted by atomic mass is 16.4. The first kappa shape index (κ1) is 17.1. The summed E-state index contributed by atoms with van der Waals surface area (Å²) in [6.07, 6.45) is 0.969. The maximum absolute atomic E-state index is 11.8. The third-order valence-electron chi connectivity index (χ3n) is 2.63. The van der Waals surface area contributed by atoms with Crippen molar-refractivity contribution < 1.29 is 29.4 Å². The van der Waals surface area contributed by atoms with Crippen LogP contribution in [-0.4, -0.2) is 54.9 Å². The Bertz CT molecular complexity index is 599. The number of amides is 1. The molecule has 0 aliphatic heterocycles. The number of ketones is 1. The average Bonchev–Trinajstić information content (AvgIpc) is 2.51. The SMILES string of the molecule is [N-]=[N+]=CC(=O)CC[C@H](NC(=O)[C@H](O)c1ccncn1)C(=O)O. The number of nitrogens with zero attached hydrogens (tertiary/aromatic N) is 4. The van der Waals surface area contributed by atoms with Gasteiger partial charge in [0, 0.05) is 12.6 Å². The van der Waals surface area contributed by atoms with Crippen LogP contribution >= 0.6 is 0 Å². The highest BCUT2D eigenvalue weighted by Crippen LogP contribution is 2.09. The van der Waals surface area contributed by atoms with E-state index in [4.69, 9.17) is 10.6 Å². The molecule has 0 radical (unpaired) electrons. The van der Waals surface area contributed by atoms with Gasteiger partial charge in [-0.25, -0.2) is 14.8 Å². The fraction of sp³-hybridized carbons (Fsp3) is 0.333. The molecule has 1 aromatic heterocycles. The zero-order chi connectivity index (χ0) is 16.5. The molecule has 0 unspecified atom stereocenters. The number of aromatic nitrogens is 2. The molecule has 0 bridgehead atoms. The van der Waals surface area contributed by atoms with E-state index in [0.717, 1.165) is 6.33 Å². The average molecular weight is 307 g/mol. The second kappa shape index (κ2) is 8.35. The minimum atomic E-state index is -1.65. The maximum atomic E-state index is 11.8. The predicted molar refractivity (Wildman–Crippen MR) is 70.5 cm³/mol. The van der Waals surface area contributed by atoms with Crippen molar-refractivity contribution in [3.8, 4) is 0 Å². The molecule has 0 spiro atoms. The van der Waals surface area contributed by atoms with Gasteiger partial charge in [0.2, 0.25) is 5.78 Å². The topological polar surface area (TPSA) is 166 Å². The van der Waals surface area contributed by atoms with Gasteiger partial charge in [0.15, 0.2) is 6.10 Å². The van der Waals surface area contributed by atoms with E-state index in [1.165, 1.54) is 12.3 Å². The van der Waals surface area contributed by atoms with Gasteiger partial charge in [-0.2, -0.15) is 4.79 Å². The molecule has 10 nitrogen and oxygen atoms in total. The van der Waals surface area contributed by atoms with Gasteiger partial charge < -0.3 is 21.1 Å². The van der Waals surface area contributed by atoms with Crippen LogP contribution in [0.15, 0.2) is 18.6 Å². The smallest absolute Gasteiger partial charge is 0.326 e. The quantitative estimate of drug-likeness (QED) is 0.306. The van der Waals surface area contributed by atoms with Crippen molar-refractivity contribution >= 4 is 23.9 Å². The van der Waals surface area contributed by atoms with Crippen molar-refractivity contribution in [3.63, 3.8) is 0 Å². The summed E-state index contributed by atoms with van der Waals surface area (Å²) >= 11 is 0. The lowest BCUT2D eigenvalue weighted by Gasteiger charge is -2.16. The van der Waals surface area contributed by atoms with E-state index in [0.29, 0.717) is 6.21 Å². The van der Waals surface area contributed by atoms with Gasteiger partial charge in [0.1, 0.15) is 12.4 Å². The van der Waals surface area contributed by atoms with Crippen molar-refractivity contribution in [2.75, 3.05) is 0 Å². The zero-order valence-corrected chi connectivity index (χ0v) is 11.3. The molecule has 22 heavy (non-hydrogen) atoms. The van der Waals surface area contributed by atoms with Crippen molar-refractivity contribution in [3.05, 3.63) is 29.8 Å². The number of Topliss-reactive ketones (excluding diaryl/α,β-unsaturated/α-hetero) is 1. The molecule has 0 fully saturated rings. The number of aliphatic carboxylic acids is 1. The van der Waals surface area contributed by atoms with Crippen LogP contribution < -0.4 is 5.32 Å². The Morgan fingerprint density at radius 2 is 2.18 bits per heavy atom. The Morgan fingerprint density at radius 3 is 2.73 bits per heavy atom. The Balaban J connectivity index is 2.66. The number of carboxylic acid groups (broad SMARTS) is 1. The Morgan fingerprint density at radius 1 is 1.45 bits per heavy atom. The molecular formula is C12H13N5O5. The van der Waals surface area contributed by atoms with Crippen LogP contribution in [0, 0.1) is 0 Å². The number of carbonyl (C=O) groups excluding carboxylic acids is 2. The molecule has 1 rings (SSSR count). The van der Waals surface area contributed by atoms with E-state index in [-0.39, 0.29) is 18.5 Å². The molecule has 0 aliphatic rings. The second-order valence-electron chi connectivity index (χ2n) is 4.19. The number of aliphatic hydroxyl groups excluding tert-OH is 1. The van der Waals surface area contributed by atoms with Gasteiger partial charge in [-0.3, -0.25) is 9.59 Å². The number of carboxylic acids is 1. The minimum Gasteiger partial charge on any atom is -0.480 e. The van der Waals surface area contributed by atoms with Crippen LogP contribution in [-0.2, 0) is 14.4 Å². The first-order valence-electron chi connectivity index (χ1n) is 6.13. The summed E-state index contributed by atoms with van der Waals surface area (Å²) in [5, 5.41) is 20.9. The lowest BCUT2D eigenvalue weighted by atomic mass is 10.1. The standard InChI is InChI=1S/C12H13N5O5/c13-16-5-7(18)1-2-9(12(21)22)17-11(20)10(19)8-3-4-14-6-15-8/h3-6,9-10,19H,1-2H2,(H,17,20)(H,21,22)/t9-,10+/m0/s1. The van der Waals surface area contributed by atoms with Crippen LogP contribution in [0.4, 0.5) is 0 Å². The third kappa shape index (κ3) is 5.19. The largest absolute Gasteiger partial charge is 0.480 e. The monoisotopic (exact) mass is 307 g/mol. The molecule has 0 aromatic carbocycles. The van der Waals surface area contributed by atoms with E-state index in [1.807, 2.05) is 0 Å². The number of carbonyl (C=O) groups is 3. The van der Waals surface area contributed by atoms with Gasteiger partial charge >= 0.3 is 12.2 Å². The Kier molecular flexibility index (Phi) is 6.48. The summed E-state index contributed by atoms with van der Waals surface area (Å²) in [6, 6.07) is -0.0682. The lowest BCUT2D eigenvalue weighted by molar-refractivity contribution is -0.143. The molecule has 1 aromatic rings. The normalized spacial score (nSPS) is 12.6. The number of hydrogen-bond acceptors (Lipinski definition) is 6. The molecule has 2 atom stereocenters. The molecule has 0 saturated heterocycles. The van der Waals surface area contributed by atoms with Crippen LogP contribution in [0.5, 0.6) is 0 Å². The fourth-order valence-electron chi connectivity index (χ4n) is 1.52. The number of hydrogen-bond donors (Lipinski definition) is 3. The third-order valence-corrected chi connectivity index (χ3v) is 2.63. The summed E-state index contributed by atoms with van der Waals surface area (Å²) < 4.78 is 0. The molecule has 3 N–H and O–H groups in total. The molecule has 116 valence electrons. The molecular weight excluding hydrogens is 294 g/mol. The van der Waals surface area contributed by atoms with Gasteiger partial charge in [0.05, 0.1) is 5.69 Å². The Labute approximate surface area is 124 Å². The highest BCUT2D eigenvalue weighted by molar-refractivity contribution is 6.25. The lowest BCUT2D eigenvalue weighted by Crippen LogP contribution is -2.43. The molecule has 0 aliphatic carbocycles. The van der Waals surface area contributed by atoms with E-state index in [9.17, 15) is 19.5 Å². The number of rotatable bonds is 8. The second-order valence-corrected chi connectivity index (χ2v) is 4.19. The Hall–Kier alpha value is -2.97. The molecule has 1 heterocycles. The summed E-state index contributed by atoms with van der Waals surface area (Å²) in [5.74, 6) is -2.93. The van der Waals surface area contributed by atoms with Crippen molar-refractivity contribution in [2.45, 2.75) is 25.0 Å².